The number of likely N-dealkylation sites (tertiary alicyclic amines) is 1. The number of guanidine groups is 1. The fraction of sp³-hybridized carbons (Fsp3) is 0.636. The summed E-state index contributed by atoms with van der Waals surface area (Å²) in [5, 5.41) is 6.83. The highest BCUT2D eigenvalue weighted by Gasteiger charge is 2.26. The van der Waals surface area contributed by atoms with Gasteiger partial charge in [-0.1, -0.05) is 19.1 Å². The summed E-state index contributed by atoms with van der Waals surface area (Å²) in [5.74, 6) is 2.53. The normalized spacial score (nSPS) is 19.4. The molecule has 0 aromatic heterocycles. The summed E-state index contributed by atoms with van der Waals surface area (Å²) in [4.78, 5) is 18.2. The first-order valence-electron chi connectivity index (χ1n) is 10.7. The van der Waals surface area contributed by atoms with Crippen molar-refractivity contribution >= 4 is 35.8 Å². The van der Waals surface area contributed by atoms with Crippen LogP contribution >= 0.6 is 24.0 Å². The maximum Gasteiger partial charge on any atom is 0.222 e. The molecule has 8 heteroatoms. The van der Waals surface area contributed by atoms with Gasteiger partial charge in [-0.05, 0) is 38.2 Å². The Bertz CT molecular complexity index is 722. The van der Waals surface area contributed by atoms with E-state index in [1.807, 2.05) is 24.0 Å². The maximum absolute atomic E-state index is 11.9. The molecule has 30 heavy (non-hydrogen) atoms. The average Bonchev–Trinajstić information content (AvgIpc) is 3.43. The predicted octanol–water partition coefficient (Wildman–Crippen LogP) is 3.31. The van der Waals surface area contributed by atoms with Gasteiger partial charge in [-0.2, -0.15) is 0 Å². The van der Waals surface area contributed by atoms with Crippen molar-refractivity contribution in [3.63, 3.8) is 0 Å². The minimum Gasteiger partial charge on any atom is -0.493 e. The Kier molecular flexibility index (Phi) is 10.0. The van der Waals surface area contributed by atoms with Gasteiger partial charge in [0.15, 0.2) is 17.5 Å². The highest BCUT2D eigenvalue weighted by molar-refractivity contribution is 14.0. The lowest BCUT2D eigenvalue weighted by Crippen LogP contribution is -2.44. The summed E-state index contributed by atoms with van der Waals surface area (Å²) in [6.45, 7) is 4.02. The number of para-hydroxylation sites is 1. The second-order valence-corrected chi connectivity index (χ2v) is 7.72. The first-order valence-corrected chi connectivity index (χ1v) is 10.7. The maximum atomic E-state index is 11.9. The molecule has 1 aromatic rings. The lowest BCUT2D eigenvalue weighted by molar-refractivity contribution is -0.129. The van der Waals surface area contributed by atoms with E-state index in [-0.39, 0.29) is 42.0 Å². The minimum atomic E-state index is 0. The lowest BCUT2D eigenvalue weighted by Gasteiger charge is -2.21. The van der Waals surface area contributed by atoms with E-state index in [2.05, 4.69) is 21.7 Å². The van der Waals surface area contributed by atoms with Crippen LogP contribution in [0.1, 0.15) is 51.0 Å². The van der Waals surface area contributed by atoms with Crippen molar-refractivity contribution in [3.05, 3.63) is 23.8 Å². The molecule has 1 saturated carbocycles. The van der Waals surface area contributed by atoms with Gasteiger partial charge in [0.05, 0.1) is 13.2 Å². The van der Waals surface area contributed by atoms with E-state index in [0.29, 0.717) is 13.0 Å². The number of methoxy groups -OCH3 is 1. The summed E-state index contributed by atoms with van der Waals surface area (Å²) >= 11 is 0. The molecule has 1 unspecified atom stereocenters. The minimum absolute atomic E-state index is 0. The molecule has 1 amide bonds. The summed E-state index contributed by atoms with van der Waals surface area (Å²) in [5.41, 5.74) is 1.05. The molecule has 0 radical (unpaired) electrons. The van der Waals surface area contributed by atoms with E-state index in [4.69, 9.17) is 9.47 Å². The smallest absolute Gasteiger partial charge is 0.222 e. The van der Waals surface area contributed by atoms with E-state index >= 15 is 0 Å². The number of carbonyl (C=O) groups is 1. The van der Waals surface area contributed by atoms with Crippen molar-refractivity contribution in [1.29, 1.82) is 0 Å². The summed E-state index contributed by atoms with van der Waals surface area (Å²) in [6.07, 6.45) is 6.40. The third-order valence-corrected chi connectivity index (χ3v) is 5.72. The predicted molar refractivity (Wildman–Crippen MR) is 130 cm³/mol. The van der Waals surface area contributed by atoms with Gasteiger partial charge in [0, 0.05) is 44.7 Å². The topological polar surface area (TPSA) is 75.2 Å². The number of hydrogen-bond donors (Lipinski definition) is 2. The fourth-order valence-corrected chi connectivity index (χ4v) is 4.06. The molecule has 1 aromatic carbocycles. The number of ether oxygens (including phenoxy) is 2. The molecule has 2 aliphatic rings. The average molecular weight is 530 g/mol. The molecule has 2 N–H and O–H groups in total. The van der Waals surface area contributed by atoms with Crippen molar-refractivity contribution in [2.24, 2.45) is 4.99 Å². The van der Waals surface area contributed by atoms with E-state index < -0.39 is 0 Å². The molecule has 168 valence electrons. The molecular weight excluding hydrogens is 495 g/mol. The zero-order chi connectivity index (χ0) is 20.6. The number of benzene rings is 1. The number of nitrogens with zero attached hydrogens (tertiary/aromatic N) is 2. The third kappa shape index (κ3) is 6.39. The van der Waals surface area contributed by atoms with Gasteiger partial charge in [0.25, 0.3) is 0 Å². The Morgan fingerprint density at radius 2 is 2.03 bits per heavy atom. The SMILES string of the molecule is CCC(=O)N1CCC(NC(=NC)NCc2cccc(OC)c2OC2CCCC2)C1.I. The molecule has 0 bridgehead atoms. The largest absolute Gasteiger partial charge is 0.493 e. The number of nitrogens with one attached hydrogen (secondary N) is 2. The summed E-state index contributed by atoms with van der Waals surface area (Å²) in [7, 11) is 3.44. The number of halogens is 1. The van der Waals surface area contributed by atoms with Crippen LogP contribution in [0.5, 0.6) is 11.5 Å². The number of rotatable bonds is 7. The quantitative estimate of drug-likeness (QED) is 0.322. The van der Waals surface area contributed by atoms with Crippen LogP contribution in [0.25, 0.3) is 0 Å². The molecular formula is C22H35IN4O3. The number of carbonyl (C=O) groups excluding carboxylic acids is 1. The van der Waals surface area contributed by atoms with Gasteiger partial charge in [0.2, 0.25) is 5.91 Å². The third-order valence-electron chi connectivity index (χ3n) is 5.72. The lowest BCUT2D eigenvalue weighted by atomic mass is 10.1. The standard InChI is InChI=1S/C22H34N4O3.HI/c1-4-20(27)26-13-12-17(15-26)25-22(23-2)24-14-16-8-7-11-19(28-3)21(16)29-18-9-5-6-10-18;/h7-8,11,17-18H,4-6,9-10,12-15H2,1-3H3,(H2,23,24,25);1H. The van der Waals surface area contributed by atoms with Crippen LogP contribution in [0.4, 0.5) is 0 Å². The van der Waals surface area contributed by atoms with Crippen molar-refractivity contribution < 1.29 is 14.3 Å². The zero-order valence-corrected chi connectivity index (χ0v) is 20.6. The van der Waals surface area contributed by atoms with Gasteiger partial charge in [-0.15, -0.1) is 24.0 Å². The van der Waals surface area contributed by atoms with Crippen molar-refractivity contribution in [2.45, 2.75) is 64.1 Å². The van der Waals surface area contributed by atoms with E-state index in [9.17, 15) is 4.79 Å². The highest BCUT2D eigenvalue weighted by Crippen LogP contribution is 2.34. The second-order valence-electron chi connectivity index (χ2n) is 7.72. The Balaban J connectivity index is 0.00000320. The Hall–Kier alpha value is -1.71. The van der Waals surface area contributed by atoms with Gasteiger partial charge < -0.3 is 25.0 Å². The van der Waals surface area contributed by atoms with Crippen molar-refractivity contribution in [3.8, 4) is 11.5 Å². The van der Waals surface area contributed by atoms with Gasteiger partial charge in [-0.3, -0.25) is 9.79 Å². The molecule has 7 nitrogen and oxygen atoms in total. The summed E-state index contributed by atoms with van der Waals surface area (Å²) in [6, 6.07) is 6.21. The molecule has 3 rings (SSSR count). The van der Waals surface area contributed by atoms with Crippen LogP contribution in [0.2, 0.25) is 0 Å². The first kappa shape index (κ1) is 24.6. The van der Waals surface area contributed by atoms with Crippen molar-refractivity contribution in [1.82, 2.24) is 15.5 Å². The second kappa shape index (κ2) is 12.2. The van der Waals surface area contributed by atoms with E-state index in [1.165, 1.54) is 12.8 Å². The molecule has 1 aliphatic heterocycles. The molecule has 1 atom stereocenters. The molecule has 1 heterocycles. The highest BCUT2D eigenvalue weighted by atomic mass is 127. The number of hydrogen-bond acceptors (Lipinski definition) is 4. The Morgan fingerprint density at radius 1 is 1.27 bits per heavy atom. The number of amides is 1. The Labute approximate surface area is 197 Å². The van der Waals surface area contributed by atoms with Crippen LogP contribution in [0.3, 0.4) is 0 Å². The van der Waals surface area contributed by atoms with E-state index in [1.54, 1.807) is 14.2 Å². The van der Waals surface area contributed by atoms with E-state index in [0.717, 1.165) is 55.4 Å². The van der Waals surface area contributed by atoms with Crippen molar-refractivity contribution in [2.75, 3.05) is 27.2 Å². The molecule has 2 fully saturated rings. The summed E-state index contributed by atoms with van der Waals surface area (Å²) < 4.78 is 11.9. The number of aliphatic imine (C=N–C) groups is 1. The fourth-order valence-electron chi connectivity index (χ4n) is 4.06. The van der Waals surface area contributed by atoms with Gasteiger partial charge in [0.1, 0.15) is 0 Å². The monoisotopic (exact) mass is 530 g/mol. The van der Waals surface area contributed by atoms with Crippen LogP contribution < -0.4 is 20.1 Å². The molecule has 1 saturated heterocycles. The first-order chi connectivity index (χ1) is 14.1. The van der Waals surface area contributed by atoms with Crippen LogP contribution in [-0.4, -0.2) is 56.2 Å². The van der Waals surface area contributed by atoms with Gasteiger partial charge >= 0.3 is 0 Å². The Morgan fingerprint density at radius 3 is 2.70 bits per heavy atom. The van der Waals surface area contributed by atoms with Crippen LogP contribution in [0.15, 0.2) is 23.2 Å². The van der Waals surface area contributed by atoms with Crippen LogP contribution in [0, 0.1) is 0 Å². The molecule has 1 aliphatic carbocycles. The zero-order valence-electron chi connectivity index (χ0n) is 18.3. The van der Waals surface area contributed by atoms with Crippen LogP contribution in [-0.2, 0) is 11.3 Å². The van der Waals surface area contributed by atoms with Gasteiger partial charge in [-0.25, -0.2) is 0 Å². The molecule has 0 spiro atoms.